The Morgan fingerprint density at radius 1 is 1.70 bits per heavy atom. The molecule has 0 fully saturated rings. The van der Waals surface area contributed by atoms with E-state index in [1.54, 1.807) is 12.2 Å². The molecule has 0 aromatic carbocycles. The summed E-state index contributed by atoms with van der Waals surface area (Å²) in [6.07, 6.45) is 6.38. The third-order valence-electron chi connectivity index (χ3n) is 1.10. The van der Waals surface area contributed by atoms with Crippen molar-refractivity contribution in [1.82, 2.24) is 0 Å². The van der Waals surface area contributed by atoms with Gasteiger partial charge in [-0.25, -0.2) is 4.79 Å². The predicted molar refractivity (Wildman–Crippen MR) is 38.2 cm³/mol. The number of hydrogen-bond donors (Lipinski definition) is 1. The zero-order valence-electron chi connectivity index (χ0n) is 5.32. The molecule has 0 spiro atoms. The maximum absolute atomic E-state index is 10.3. The Hall–Kier alpha value is -1.38. The number of nitrogens with zero attached hydrogens (tertiary/aromatic N) is 1. The SMILES string of the molecule is O=C(O)C1=CC=CCN=C1. The van der Waals surface area contributed by atoms with E-state index in [0.29, 0.717) is 6.54 Å². The van der Waals surface area contributed by atoms with E-state index in [9.17, 15) is 4.79 Å². The van der Waals surface area contributed by atoms with Gasteiger partial charge < -0.3 is 5.11 Å². The third-order valence-corrected chi connectivity index (χ3v) is 1.10. The van der Waals surface area contributed by atoms with E-state index >= 15 is 0 Å². The number of hydrogen-bond acceptors (Lipinski definition) is 2. The highest BCUT2D eigenvalue weighted by Crippen LogP contribution is 1.95. The molecule has 1 heterocycles. The first-order valence-electron chi connectivity index (χ1n) is 2.90. The minimum atomic E-state index is -0.935. The number of aliphatic imine (C=N–C) groups is 1. The molecule has 0 atom stereocenters. The highest BCUT2D eigenvalue weighted by atomic mass is 16.4. The van der Waals surface area contributed by atoms with Gasteiger partial charge in [0, 0.05) is 6.21 Å². The second-order valence-electron chi connectivity index (χ2n) is 1.85. The summed E-state index contributed by atoms with van der Waals surface area (Å²) in [7, 11) is 0. The Balaban J connectivity index is 2.83. The van der Waals surface area contributed by atoms with Gasteiger partial charge in [0.15, 0.2) is 0 Å². The first-order chi connectivity index (χ1) is 4.80. The van der Waals surface area contributed by atoms with Gasteiger partial charge in [0.1, 0.15) is 0 Å². The first-order valence-corrected chi connectivity index (χ1v) is 2.90. The molecule has 0 aliphatic carbocycles. The molecule has 0 saturated heterocycles. The van der Waals surface area contributed by atoms with Gasteiger partial charge >= 0.3 is 5.97 Å². The second kappa shape index (κ2) is 2.96. The van der Waals surface area contributed by atoms with Crippen LogP contribution in [0.3, 0.4) is 0 Å². The zero-order valence-corrected chi connectivity index (χ0v) is 5.32. The van der Waals surface area contributed by atoms with Crippen LogP contribution in [-0.4, -0.2) is 23.8 Å². The lowest BCUT2D eigenvalue weighted by Crippen LogP contribution is -2.00. The molecule has 0 radical (unpaired) electrons. The minimum absolute atomic E-state index is 0.230. The number of rotatable bonds is 1. The van der Waals surface area contributed by atoms with Crippen molar-refractivity contribution in [3.63, 3.8) is 0 Å². The van der Waals surface area contributed by atoms with E-state index in [0.717, 1.165) is 0 Å². The van der Waals surface area contributed by atoms with Crippen molar-refractivity contribution >= 4 is 12.2 Å². The second-order valence-corrected chi connectivity index (χ2v) is 1.85. The van der Waals surface area contributed by atoms with Crippen LogP contribution < -0.4 is 0 Å². The Morgan fingerprint density at radius 3 is 3.20 bits per heavy atom. The fraction of sp³-hybridized carbons (Fsp3) is 0.143. The predicted octanol–water partition coefficient (Wildman–Crippen LogP) is 0.638. The lowest BCUT2D eigenvalue weighted by Gasteiger charge is -1.87. The van der Waals surface area contributed by atoms with Crippen LogP contribution in [0.15, 0.2) is 28.8 Å². The fourth-order valence-electron chi connectivity index (χ4n) is 0.614. The number of aliphatic carboxylic acids is 1. The summed E-state index contributed by atoms with van der Waals surface area (Å²) in [5.74, 6) is -0.935. The number of allylic oxidation sites excluding steroid dienone is 2. The Kier molecular flexibility index (Phi) is 1.99. The average molecular weight is 137 g/mol. The number of carboxylic acids is 1. The molecule has 0 saturated carbocycles. The molecule has 3 heteroatoms. The third kappa shape index (κ3) is 1.55. The standard InChI is InChI=1S/C7H7NO2/c9-7(10)6-3-1-2-4-8-5-6/h1-3,5H,4H2,(H,9,10). The van der Waals surface area contributed by atoms with Gasteiger partial charge in [-0.2, -0.15) is 0 Å². The highest BCUT2D eigenvalue weighted by Gasteiger charge is 2.01. The quantitative estimate of drug-likeness (QED) is 0.576. The van der Waals surface area contributed by atoms with Gasteiger partial charge in [0.25, 0.3) is 0 Å². The zero-order chi connectivity index (χ0) is 7.40. The van der Waals surface area contributed by atoms with Gasteiger partial charge in [0.2, 0.25) is 0 Å². The Labute approximate surface area is 58.4 Å². The molecule has 52 valence electrons. The molecule has 1 aliphatic rings. The van der Waals surface area contributed by atoms with Crippen LogP contribution in [0.4, 0.5) is 0 Å². The van der Waals surface area contributed by atoms with Crippen LogP contribution in [0.25, 0.3) is 0 Å². The molecule has 1 rings (SSSR count). The molecule has 0 unspecified atom stereocenters. The van der Waals surface area contributed by atoms with Crippen LogP contribution >= 0.6 is 0 Å². The maximum atomic E-state index is 10.3. The summed E-state index contributed by atoms with van der Waals surface area (Å²) in [6.45, 7) is 0.563. The molecular weight excluding hydrogens is 130 g/mol. The summed E-state index contributed by atoms with van der Waals surface area (Å²) in [6, 6.07) is 0. The monoisotopic (exact) mass is 137 g/mol. The van der Waals surface area contributed by atoms with E-state index in [1.165, 1.54) is 12.3 Å². The van der Waals surface area contributed by atoms with Gasteiger partial charge in [-0.3, -0.25) is 4.99 Å². The largest absolute Gasteiger partial charge is 0.478 e. The topological polar surface area (TPSA) is 49.7 Å². The van der Waals surface area contributed by atoms with E-state index < -0.39 is 5.97 Å². The average Bonchev–Trinajstić information content (AvgIpc) is 2.12. The Morgan fingerprint density at radius 2 is 2.50 bits per heavy atom. The lowest BCUT2D eigenvalue weighted by molar-refractivity contribution is -0.132. The van der Waals surface area contributed by atoms with Crippen molar-refractivity contribution in [3.8, 4) is 0 Å². The van der Waals surface area contributed by atoms with Crippen LogP contribution in [0.5, 0.6) is 0 Å². The van der Waals surface area contributed by atoms with Gasteiger partial charge in [-0.1, -0.05) is 12.2 Å². The minimum Gasteiger partial charge on any atom is -0.478 e. The van der Waals surface area contributed by atoms with Gasteiger partial charge in [-0.15, -0.1) is 0 Å². The molecule has 0 aromatic rings. The summed E-state index contributed by atoms with van der Waals surface area (Å²) >= 11 is 0. The normalized spacial score (nSPS) is 16.2. The molecular formula is C7H7NO2. The summed E-state index contributed by atoms with van der Waals surface area (Å²) in [5.41, 5.74) is 0.230. The first kappa shape index (κ1) is 6.74. The molecule has 1 aliphatic heterocycles. The molecule has 1 N–H and O–H groups in total. The van der Waals surface area contributed by atoms with Crippen molar-refractivity contribution in [2.45, 2.75) is 0 Å². The van der Waals surface area contributed by atoms with Gasteiger partial charge in [-0.05, 0) is 6.08 Å². The number of carbonyl (C=O) groups is 1. The molecule has 0 aromatic heterocycles. The molecule has 10 heavy (non-hydrogen) atoms. The molecule has 3 nitrogen and oxygen atoms in total. The van der Waals surface area contributed by atoms with Crippen LogP contribution in [0.1, 0.15) is 0 Å². The van der Waals surface area contributed by atoms with Gasteiger partial charge in [0.05, 0.1) is 12.1 Å². The molecule has 0 bridgehead atoms. The van der Waals surface area contributed by atoms with Crippen molar-refractivity contribution < 1.29 is 9.90 Å². The van der Waals surface area contributed by atoms with Crippen molar-refractivity contribution in [2.24, 2.45) is 4.99 Å². The molecule has 0 amide bonds. The van der Waals surface area contributed by atoms with E-state index in [2.05, 4.69) is 4.99 Å². The summed E-state index contributed by atoms with van der Waals surface area (Å²) < 4.78 is 0. The van der Waals surface area contributed by atoms with Crippen molar-refractivity contribution in [1.29, 1.82) is 0 Å². The van der Waals surface area contributed by atoms with Crippen LogP contribution in [0.2, 0.25) is 0 Å². The van der Waals surface area contributed by atoms with Crippen molar-refractivity contribution in [3.05, 3.63) is 23.8 Å². The lowest BCUT2D eigenvalue weighted by atomic mass is 10.3. The van der Waals surface area contributed by atoms with E-state index in [-0.39, 0.29) is 5.57 Å². The highest BCUT2D eigenvalue weighted by molar-refractivity contribution is 6.08. The van der Waals surface area contributed by atoms with E-state index in [4.69, 9.17) is 5.11 Å². The van der Waals surface area contributed by atoms with E-state index in [1.807, 2.05) is 0 Å². The fourth-order valence-corrected chi connectivity index (χ4v) is 0.614. The van der Waals surface area contributed by atoms with Crippen molar-refractivity contribution in [2.75, 3.05) is 6.54 Å². The maximum Gasteiger partial charge on any atom is 0.337 e. The number of carboxylic acid groups (broad SMARTS) is 1. The Bertz CT molecular complexity index is 226. The smallest absolute Gasteiger partial charge is 0.337 e. The summed E-state index contributed by atoms with van der Waals surface area (Å²) in [5, 5.41) is 8.47. The summed E-state index contributed by atoms with van der Waals surface area (Å²) in [4.78, 5) is 14.1. The van der Waals surface area contributed by atoms with Crippen LogP contribution in [0, 0.1) is 0 Å². The van der Waals surface area contributed by atoms with Crippen LogP contribution in [-0.2, 0) is 4.79 Å².